The van der Waals surface area contributed by atoms with Gasteiger partial charge in [-0.15, -0.1) is 0 Å². The summed E-state index contributed by atoms with van der Waals surface area (Å²) in [5.41, 5.74) is 6.24. The van der Waals surface area contributed by atoms with Gasteiger partial charge < -0.3 is 10.6 Å². The van der Waals surface area contributed by atoms with Crippen LogP contribution in [0.5, 0.6) is 0 Å². The molecule has 0 unspecified atom stereocenters. The number of nitrogens with zero attached hydrogens (tertiary/aromatic N) is 2. The van der Waals surface area contributed by atoms with Gasteiger partial charge in [-0.3, -0.25) is 0 Å². The topological polar surface area (TPSA) is 41.6 Å². The van der Waals surface area contributed by atoms with Crippen LogP contribution in [-0.4, -0.2) is 29.5 Å². The molecule has 0 radical (unpaired) electrons. The Balaban J connectivity index is 1.59. The van der Waals surface area contributed by atoms with Crippen molar-refractivity contribution >= 4 is 5.96 Å². The summed E-state index contributed by atoms with van der Waals surface area (Å²) in [7, 11) is 0. The van der Waals surface area contributed by atoms with Gasteiger partial charge in [0.2, 0.25) is 0 Å². The van der Waals surface area contributed by atoms with Crippen LogP contribution in [0.15, 0.2) is 4.99 Å². The van der Waals surface area contributed by atoms with Crippen LogP contribution in [0.4, 0.5) is 0 Å². The molecule has 2 N–H and O–H groups in total. The number of hydrogen-bond donors (Lipinski definition) is 1. The molecule has 0 aromatic rings. The molecule has 3 saturated carbocycles. The van der Waals surface area contributed by atoms with E-state index in [0.29, 0.717) is 6.04 Å². The molecule has 0 heterocycles. The monoisotopic (exact) mass is 235 g/mol. The van der Waals surface area contributed by atoms with Gasteiger partial charge in [-0.2, -0.15) is 0 Å². The number of hydrogen-bond acceptors (Lipinski definition) is 1. The smallest absolute Gasteiger partial charge is 0.191 e. The van der Waals surface area contributed by atoms with E-state index in [1.54, 1.807) is 0 Å². The number of guanidine groups is 1. The predicted octanol–water partition coefficient (Wildman–Crippen LogP) is 2.51. The van der Waals surface area contributed by atoms with Crippen LogP contribution in [0.2, 0.25) is 0 Å². The lowest BCUT2D eigenvalue weighted by molar-refractivity contribution is 0.375. The molecule has 0 spiro atoms. The maximum absolute atomic E-state index is 6.24. The van der Waals surface area contributed by atoms with Crippen LogP contribution >= 0.6 is 0 Å². The Morgan fingerprint density at radius 2 is 1.71 bits per heavy atom. The van der Waals surface area contributed by atoms with Crippen molar-refractivity contribution in [2.45, 2.75) is 69.9 Å². The van der Waals surface area contributed by atoms with Crippen molar-refractivity contribution in [1.29, 1.82) is 0 Å². The summed E-state index contributed by atoms with van der Waals surface area (Å²) in [6.45, 7) is 1.17. The van der Waals surface area contributed by atoms with Gasteiger partial charge in [-0.05, 0) is 44.4 Å². The van der Waals surface area contributed by atoms with Gasteiger partial charge in [0.1, 0.15) is 0 Å². The Hall–Kier alpha value is -0.730. The molecule has 0 bridgehead atoms. The van der Waals surface area contributed by atoms with E-state index >= 15 is 0 Å². The number of rotatable bonds is 4. The molecular formula is C14H25N3. The molecule has 0 atom stereocenters. The molecule has 3 aliphatic rings. The van der Waals surface area contributed by atoms with Crippen molar-refractivity contribution in [3.63, 3.8) is 0 Å². The van der Waals surface area contributed by atoms with Crippen LogP contribution in [0.3, 0.4) is 0 Å². The van der Waals surface area contributed by atoms with Crippen LogP contribution in [0, 0.1) is 5.92 Å². The fourth-order valence-electron chi connectivity index (χ4n) is 2.87. The zero-order valence-electron chi connectivity index (χ0n) is 10.8. The van der Waals surface area contributed by atoms with Gasteiger partial charge in [0.15, 0.2) is 5.96 Å². The van der Waals surface area contributed by atoms with Crippen LogP contribution in [0.1, 0.15) is 57.8 Å². The van der Waals surface area contributed by atoms with E-state index in [0.717, 1.165) is 17.9 Å². The van der Waals surface area contributed by atoms with Crippen molar-refractivity contribution in [2.24, 2.45) is 16.6 Å². The van der Waals surface area contributed by atoms with E-state index in [-0.39, 0.29) is 0 Å². The van der Waals surface area contributed by atoms with Crippen molar-refractivity contribution in [2.75, 3.05) is 6.54 Å². The highest BCUT2D eigenvalue weighted by Gasteiger charge is 2.35. The van der Waals surface area contributed by atoms with Gasteiger partial charge in [0.05, 0.1) is 6.04 Å². The molecule has 0 amide bonds. The summed E-state index contributed by atoms with van der Waals surface area (Å²) in [6, 6.07) is 1.24. The van der Waals surface area contributed by atoms with Gasteiger partial charge in [-0.1, -0.05) is 19.3 Å². The van der Waals surface area contributed by atoms with Crippen molar-refractivity contribution in [3.8, 4) is 0 Å². The molecule has 0 saturated heterocycles. The fourth-order valence-corrected chi connectivity index (χ4v) is 2.87. The molecular weight excluding hydrogens is 210 g/mol. The van der Waals surface area contributed by atoms with E-state index in [2.05, 4.69) is 4.90 Å². The first-order valence-electron chi connectivity index (χ1n) is 7.43. The van der Waals surface area contributed by atoms with E-state index in [1.807, 2.05) is 0 Å². The second-order valence-corrected chi connectivity index (χ2v) is 6.11. The molecule has 3 nitrogen and oxygen atoms in total. The first kappa shape index (κ1) is 11.4. The van der Waals surface area contributed by atoms with E-state index in [1.165, 1.54) is 64.3 Å². The third-order valence-electron chi connectivity index (χ3n) is 4.32. The molecule has 0 aromatic heterocycles. The quantitative estimate of drug-likeness (QED) is 0.601. The summed E-state index contributed by atoms with van der Waals surface area (Å²) >= 11 is 0. The highest BCUT2D eigenvalue weighted by molar-refractivity contribution is 5.79. The van der Waals surface area contributed by atoms with Crippen LogP contribution in [-0.2, 0) is 0 Å². The molecule has 3 aliphatic carbocycles. The van der Waals surface area contributed by atoms with Crippen LogP contribution in [0.25, 0.3) is 0 Å². The second-order valence-electron chi connectivity index (χ2n) is 6.11. The number of nitrogens with two attached hydrogens (primary N) is 1. The SMILES string of the molecule is NC(=NC1CCCCC1)N(CC1CC1)C1CC1. The Morgan fingerprint density at radius 1 is 1.00 bits per heavy atom. The highest BCUT2D eigenvalue weighted by Crippen LogP contribution is 2.34. The minimum Gasteiger partial charge on any atom is -0.370 e. The van der Waals surface area contributed by atoms with Gasteiger partial charge in [-0.25, -0.2) is 4.99 Å². The molecule has 0 aromatic carbocycles. The maximum atomic E-state index is 6.24. The molecule has 3 rings (SSSR count). The Labute approximate surface area is 104 Å². The Kier molecular flexibility index (Phi) is 3.26. The van der Waals surface area contributed by atoms with Crippen molar-refractivity contribution in [3.05, 3.63) is 0 Å². The highest BCUT2D eigenvalue weighted by atomic mass is 15.3. The van der Waals surface area contributed by atoms with Crippen molar-refractivity contribution in [1.82, 2.24) is 4.90 Å². The second kappa shape index (κ2) is 4.87. The van der Waals surface area contributed by atoms with Gasteiger partial charge in [0, 0.05) is 12.6 Å². The molecule has 96 valence electrons. The largest absolute Gasteiger partial charge is 0.370 e. The minimum atomic E-state index is 0.518. The standard InChI is InChI=1S/C14H25N3/c15-14(16-12-4-2-1-3-5-12)17(13-8-9-13)10-11-6-7-11/h11-13H,1-10H2,(H2,15,16). The summed E-state index contributed by atoms with van der Waals surface area (Å²) in [6.07, 6.45) is 12.0. The molecule has 3 fully saturated rings. The first-order chi connectivity index (χ1) is 8.33. The predicted molar refractivity (Wildman–Crippen MR) is 70.9 cm³/mol. The zero-order valence-corrected chi connectivity index (χ0v) is 10.8. The summed E-state index contributed by atoms with van der Waals surface area (Å²) in [5.74, 6) is 1.77. The van der Waals surface area contributed by atoms with Gasteiger partial charge in [0.25, 0.3) is 0 Å². The molecule has 17 heavy (non-hydrogen) atoms. The van der Waals surface area contributed by atoms with Gasteiger partial charge >= 0.3 is 0 Å². The summed E-state index contributed by atoms with van der Waals surface area (Å²) in [4.78, 5) is 7.21. The third kappa shape index (κ3) is 3.14. The Bertz CT molecular complexity index is 286. The number of aliphatic imine (C=N–C) groups is 1. The zero-order chi connectivity index (χ0) is 11.7. The average molecular weight is 235 g/mol. The van der Waals surface area contributed by atoms with Crippen LogP contribution < -0.4 is 5.73 Å². The summed E-state index contributed by atoms with van der Waals surface area (Å²) < 4.78 is 0. The van der Waals surface area contributed by atoms with E-state index < -0.39 is 0 Å². The normalized spacial score (nSPS) is 27.2. The molecule has 0 aliphatic heterocycles. The Morgan fingerprint density at radius 3 is 2.29 bits per heavy atom. The maximum Gasteiger partial charge on any atom is 0.191 e. The van der Waals surface area contributed by atoms with E-state index in [9.17, 15) is 0 Å². The molecule has 3 heteroatoms. The fraction of sp³-hybridized carbons (Fsp3) is 0.929. The first-order valence-corrected chi connectivity index (χ1v) is 7.43. The minimum absolute atomic E-state index is 0.518. The lowest BCUT2D eigenvalue weighted by atomic mass is 9.96. The van der Waals surface area contributed by atoms with E-state index in [4.69, 9.17) is 10.7 Å². The lowest BCUT2D eigenvalue weighted by Gasteiger charge is -2.26. The summed E-state index contributed by atoms with van der Waals surface area (Å²) in [5, 5.41) is 0. The van der Waals surface area contributed by atoms with Crippen molar-refractivity contribution < 1.29 is 0 Å². The lowest BCUT2D eigenvalue weighted by Crippen LogP contribution is -2.41. The third-order valence-corrected chi connectivity index (χ3v) is 4.32. The average Bonchev–Trinajstić information content (AvgIpc) is 3.20.